The Balaban J connectivity index is 1.56. The Bertz CT molecular complexity index is 1290. The van der Waals surface area contributed by atoms with Crippen molar-refractivity contribution in [3.05, 3.63) is 71.6 Å². The highest BCUT2D eigenvalue weighted by molar-refractivity contribution is 6.16. The summed E-state index contributed by atoms with van der Waals surface area (Å²) in [5, 5.41) is 6.02. The van der Waals surface area contributed by atoms with Gasteiger partial charge in [-0.25, -0.2) is 9.69 Å². The highest BCUT2D eigenvalue weighted by Crippen LogP contribution is 2.25. The van der Waals surface area contributed by atoms with Crippen molar-refractivity contribution in [2.75, 3.05) is 11.9 Å². The van der Waals surface area contributed by atoms with Crippen LogP contribution >= 0.6 is 0 Å². The quantitative estimate of drug-likeness (QED) is 0.407. The first-order valence-corrected chi connectivity index (χ1v) is 9.89. The number of primary amides is 1. The van der Waals surface area contributed by atoms with Gasteiger partial charge in [0.1, 0.15) is 18.8 Å². The van der Waals surface area contributed by atoms with Crippen molar-refractivity contribution in [2.45, 2.75) is 13.5 Å². The maximum atomic E-state index is 12.8. The van der Waals surface area contributed by atoms with Crippen LogP contribution in [0.25, 0.3) is 17.0 Å². The largest absolute Gasteiger partial charge is 0.368 e. The van der Waals surface area contributed by atoms with Gasteiger partial charge in [-0.15, -0.1) is 0 Å². The fraction of sp³-hybridized carbons (Fsp3) is 0.130. The van der Waals surface area contributed by atoms with E-state index in [0.29, 0.717) is 11.3 Å². The Labute approximate surface area is 183 Å². The smallest absolute Gasteiger partial charge is 0.329 e. The summed E-state index contributed by atoms with van der Waals surface area (Å²) in [4.78, 5) is 49.8. The number of rotatable bonds is 6. The van der Waals surface area contributed by atoms with Crippen molar-refractivity contribution in [1.82, 2.24) is 14.8 Å². The lowest BCUT2D eigenvalue weighted by Gasteiger charge is -2.13. The molecule has 9 nitrogen and oxygen atoms in total. The molecule has 2 heterocycles. The van der Waals surface area contributed by atoms with E-state index in [1.807, 2.05) is 43.3 Å². The Kier molecular flexibility index (Phi) is 5.46. The van der Waals surface area contributed by atoms with Crippen LogP contribution in [0, 0.1) is 6.92 Å². The number of imide groups is 1. The van der Waals surface area contributed by atoms with Crippen LogP contribution in [0.2, 0.25) is 0 Å². The zero-order valence-corrected chi connectivity index (χ0v) is 17.3. The number of carbonyl (C=O) groups is 4. The molecule has 0 aliphatic carbocycles. The molecule has 162 valence electrons. The van der Waals surface area contributed by atoms with Crippen LogP contribution in [0.4, 0.5) is 10.5 Å². The predicted octanol–water partition coefficient (Wildman–Crippen LogP) is 1.97. The van der Waals surface area contributed by atoms with E-state index >= 15 is 0 Å². The second-order valence-corrected chi connectivity index (χ2v) is 7.44. The number of urea groups is 1. The molecule has 3 aromatic rings. The van der Waals surface area contributed by atoms with Gasteiger partial charge in [0.15, 0.2) is 0 Å². The third-order valence-electron chi connectivity index (χ3n) is 5.13. The van der Waals surface area contributed by atoms with Crippen molar-refractivity contribution >= 4 is 46.4 Å². The number of aryl methyl sites for hydroxylation is 1. The highest BCUT2D eigenvalue weighted by Gasteiger charge is 2.35. The average Bonchev–Trinajstić information content (AvgIpc) is 3.22. The molecular weight excluding hydrogens is 410 g/mol. The van der Waals surface area contributed by atoms with Crippen molar-refractivity contribution in [2.24, 2.45) is 5.73 Å². The van der Waals surface area contributed by atoms with E-state index in [-0.39, 0.29) is 12.2 Å². The molecule has 32 heavy (non-hydrogen) atoms. The Morgan fingerprint density at radius 3 is 2.53 bits per heavy atom. The molecular formula is C23H21N5O4. The minimum atomic E-state index is -0.679. The second kappa shape index (κ2) is 8.38. The van der Waals surface area contributed by atoms with E-state index in [9.17, 15) is 19.2 Å². The number of nitrogens with two attached hydrogens (primary N) is 1. The van der Waals surface area contributed by atoms with E-state index in [0.717, 1.165) is 21.4 Å². The fourth-order valence-corrected chi connectivity index (χ4v) is 3.61. The topological polar surface area (TPSA) is 127 Å². The lowest BCUT2D eigenvalue weighted by molar-refractivity contribution is -0.127. The number of benzene rings is 2. The third kappa shape index (κ3) is 4.08. The highest BCUT2D eigenvalue weighted by atomic mass is 16.2. The molecule has 1 aliphatic heterocycles. The summed E-state index contributed by atoms with van der Waals surface area (Å²) in [6.45, 7) is 1.41. The molecule has 4 rings (SSSR count). The first kappa shape index (κ1) is 20.9. The summed E-state index contributed by atoms with van der Waals surface area (Å²) >= 11 is 0. The van der Waals surface area contributed by atoms with Gasteiger partial charge in [-0.3, -0.25) is 14.4 Å². The van der Waals surface area contributed by atoms with Crippen molar-refractivity contribution in [3.8, 4) is 0 Å². The lowest BCUT2D eigenvalue weighted by Crippen LogP contribution is -2.38. The van der Waals surface area contributed by atoms with Crippen LogP contribution in [0.1, 0.15) is 11.1 Å². The van der Waals surface area contributed by atoms with Crippen LogP contribution in [0.5, 0.6) is 0 Å². The molecule has 0 atom stereocenters. The standard InChI is InChI=1S/C23H21N5O4/c1-14-6-2-4-8-17(14)25-21(30)13-28-22(31)18(26-23(28)32)10-15-11-27(12-20(24)29)19-9-5-3-7-16(15)19/h2-11H,12-13H2,1H3,(H2,24,29)(H,25,30)(H,26,32). The van der Waals surface area contributed by atoms with Gasteiger partial charge in [0.05, 0.1) is 0 Å². The van der Waals surface area contributed by atoms with Crippen LogP contribution in [-0.4, -0.2) is 39.8 Å². The van der Waals surface area contributed by atoms with Crippen molar-refractivity contribution in [3.63, 3.8) is 0 Å². The Morgan fingerprint density at radius 2 is 1.78 bits per heavy atom. The van der Waals surface area contributed by atoms with Crippen molar-refractivity contribution < 1.29 is 19.2 Å². The molecule has 0 radical (unpaired) electrons. The van der Waals surface area contributed by atoms with Gasteiger partial charge in [-0.2, -0.15) is 0 Å². The van der Waals surface area contributed by atoms with E-state index in [1.165, 1.54) is 6.08 Å². The summed E-state index contributed by atoms with van der Waals surface area (Å²) in [5.74, 6) is -1.59. The number of hydrogen-bond donors (Lipinski definition) is 3. The van der Waals surface area contributed by atoms with Crippen LogP contribution < -0.4 is 16.4 Å². The maximum absolute atomic E-state index is 12.8. The maximum Gasteiger partial charge on any atom is 0.329 e. The molecule has 1 fully saturated rings. The second-order valence-electron chi connectivity index (χ2n) is 7.44. The van der Waals surface area contributed by atoms with Crippen LogP contribution in [0.3, 0.4) is 0 Å². The summed E-state index contributed by atoms with van der Waals surface area (Å²) in [6, 6.07) is 13.9. The Morgan fingerprint density at radius 1 is 1.06 bits per heavy atom. The number of fused-ring (bicyclic) bond motifs is 1. The molecule has 0 bridgehead atoms. The monoisotopic (exact) mass is 431 g/mol. The summed E-state index contributed by atoms with van der Waals surface area (Å²) < 4.78 is 1.68. The molecule has 5 amide bonds. The van der Waals surface area contributed by atoms with E-state index in [4.69, 9.17) is 5.73 Å². The third-order valence-corrected chi connectivity index (χ3v) is 5.13. The zero-order chi connectivity index (χ0) is 22.8. The van der Waals surface area contributed by atoms with Gasteiger partial charge >= 0.3 is 6.03 Å². The number of amides is 5. The van der Waals surface area contributed by atoms with Crippen molar-refractivity contribution in [1.29, 1.82) is 0 Å². The first-order valence-electron chi connectivity index (χ1n) is 9.89. The average molecular weight is 431 g/mol. The molecule has 0 saturated carbocycles. The minimum absolute atomic E-state index is 0.0187. The number of nitrogens with zero attached hydrogens (tertiary/aromatic N) is 2. The number of aromatic nitrogens is 1. The number of hydrogen-bond acceptors (Lipinski definition) is 4. The molecule has 9 heteroatoms. The van der Waals surface area contributed by atoms with Gasteiger partial charge in [-0.1, -0.05) is 36.4 Å². The number of para-hydroxylation sites is 2. The lowest BCUT2D eigenvalue weighted by atomic mass is 10.1. The van der Waals surface area contributed by atoms with E-state index in [1.54, 1.807) is 22.9 Å². The van der Waals surface area contributed by atoms with Crippen LogP contribution in [-0.2, 0) is 20.9 Å². The van der Waals surface area contributed by atoms with E-state index in [2.05, 4.69) is 10.6 Å². The first-order chi connectivity index (χ1) is 15.3. The van der Waals surface area contributed by atoms with E-state index < -0.39 is 30.3 Å². The molecule has 4 N–H and O–H groups in total. The SMILES string of the molecule is Cc1ccccc1NC(=O)CN1C(=O)NC(=Cc2cn(CC(N)=O)c3ccccc23)C1=O. The zero-order valence-electron chi connectivity index (χ0n) is 17.3. The molecule has 2 aromatic carbocycles. The molecule has 1 saturated heterocycles. The fourth-order valence-electron chi connectivity index (χ4n) is 3.61. The van der Waals surface area contributed by atoms with Gasteiger partial charge in [0.2, 0.25) is 11.8 Å². The number of carbonyl (C=O) groups excluding carboxylic acids is 4. The van der Waals surface area contributed by atoms with Gasteiger partial charge in [0, 0.05) is 28.4 Å². The molecule has 0 unspecified atom stereocenters. The summed E-state index contributed by atoms with van der Waals surface area (Å²) in [6.07, 6.45) is 3.22. The minimum Gasteiger partial charge on any atom is -0.368 e. The predicted molar refractivity (Wildman–Crippen MR) is 119 cm³/mol. The molecule has 0 spiro atoms. The van der Waals surface area contributed by atoms with Gasteiger partial charge in [-0.05, 0) is 30.7 Å². The summed E-state index contributed by atoms with van der Waals surface area (Å²) in [5.41, 5.74) is 8.25. The summed E-state index contributed by atoms with van der Waals surface area (Å²) in [7, 11) is 0. The number of nitrogens with one attached hydrogen (secondary N) is 2. The molecule has 1 aliphatic rings. The normalized spacial score (nSPS) is 14.8. The molecule has 1 aromatic heterocycles. The van der Waals surface area contributed by atoms with Crippen LogP contribution in [0.15, 0.2) is 60.4 Å². The number of anilines is 1. The Hall–Kier alpha value is -4.40. The van der Waals surface area contributed by atoms with Gasteiger partial charge < -0.3 is 20.9 Å². The van der Waals surface area contributed by atoms with Gasteiger partial charge in [0.25, 0.3) is 5.91 Å².